The van der Waals surface area contributed by atoms with Gasteiger partial charge in [-0.1, -0.05) is 27.7 Å². The van der Waals surface area contributed by atoms with Gasteiger partial charge in [0.05, 0.1) is 0 Å². The predicted molar refractivity (Wildman–Crippen MR) is 73.6 cm³/mol. The van der Waals surface area contributed by atoms with E-state index in [0.717, 1.165) is 0 Å². The maximum Gasteiger partial charge on any atom is -0.0213 e. The lowest BCUT2D eigenvalue weighted by Gasteiger charge is -2.24. The maximum absolute atomic E-state index is 2.30. The number of rotatable bonds is 2. The van der Waals surface area contributed by atoms with Gasteiger partial charge in [0, 0.05) is 0 Å². The highest BCUT2D eigenvalue weighted by atomic mass is 14.2. The molecule has 16 heavy (non-hydrogen) atoms. The van der Waals surface area contributed by atoms with Gasteiger partial charge in [-0.25, -0.2) is 0 Å². The van der Waals surface area contributed by atoms with Crippen LogP contribution >= 0.6 is 0 Å². The third-order valence-electron chi connectivity index (χ3n) is 3.90. The van der Waals surface area contributed by atoms with E-state index in [-0.39, 0.29) is 0 Å². The summed E-state index contributed by atoms with van der Waals surface area (Å²) < 4.78 is 0. The molecule has 0 radical (unpaired) electrons. The second kappa shape index (κ2) is 4.61. The number of benzene rings is 1. The summed E-state index contributed by atoms with van der Waals surface area (Å²) in [5, 5.41) is 0. The summed E-state index contributed by atoms with van der Waals surface area (Å²) in [6.07, 6.45) is 0. The van der Waals surface area contributed by atoms with Crippen LogP contribution in [-0.2, 0) is 0 Å². The summed E-state index contributed by atoms with van der Waals surface area (Å²) in [6, 6.07) is 0. The van der Waals surface area contributed by atoms with E-state index >= 15 is 0 Å². The Hall–Kier alpha value is -0.780. The molecular formula is C16H26. The van der Waals surface area contributed by atoms with Gasteiger partial charge in [-0.15, -0.1) is 0 Å². The molecule has 0 aromatic heterocycles. The van der Waals surface area contributed by atoms with Crippen LogP contribution in [0.5, 0.6) is 0 Å². The summed E-state index contributed by atoms with van der Waals surface area (Å²) in [6.45, 7) is 18.3. The molecule has 1 rings (SSSR count). The third kappa shape index (κ3) is 2.03. The zero-order valence-electron chi connectivity index (χ0n) is 12.2. The molecule has 0 bridgehead atoms. The van der Waals surface area contributed by atoms with Gasteiger partial charge in [-0.3, -0.25) is 0 Å². The number of hydrogen-bond donors (Lipinski definition) is 0. The molecule has 0 heterocycles. The first-order valence-electron chi connectivity index (χ1n) is 6.39. The van der Waals surface area contributed by atoms with E-state index in [1.807, 2.05) is 0 Å². The molecule has 0 aliphatic rings. The summed E-state index contributed by atoms with van der Waals surface area (Å²) >= 11 is 0. The molecule has 0 heteroatoms. The molecule has 0 saturated carbocycles. The first-order valence-corrected chi connectivity index (χ1v) is 6.39. The lowest BCUT2D eigenvalue weighted by molar-refractivity contribution is 0.798. The van der Waals surface area contributed by atoms with Gasteiger partial charge in [0.25, 0.3) is 0 Å². The third-order valence-corrected chi connectivity index (χ3v) is 3.90. The molecule has 0 aliphatic carbocycles. The molecule has 0 nitrogen and oxygen atoms in total. The Morgan fingerprint density at radius 3 is 1.06 bits per heavy atom. The van der Waals surface area contributed by atoms with Crippen LogP contribution in [0.25, 0.3) is 0 Å². The van der Waals surface area contributed by atoms with Crippen LogP contribution in [0.3, 0.4) is 0 Å². The summed E-state index contributed by atoms with van der Waals surface area (Å²) in [5.41, 5.74) is 9.12. The predicted octanol–water partition coefficient (Wildman–Crippen LogP) is 5.17. The van der Waals surface area contributed by atoms with E-state index < -0.39 is 0 Å². The van der Waals surface area contributed by atoms with Crippen LogP contribution in [-0.4, -0.2) is 0 Å². The quantitative estimate of drug-likeness (QED) is 0.642. The summed E-state index contributed by atoms with van der Waals surface area (Å²) in [5.74, 6) is 1.24. The van der Waals surface area contributed by atoms with Crippen LogP contribution in [0.2, 0.25) is 0 Å². The second-order valence-corrected chi connectivity index (χ2v) is 5.64. The molecule has 1 aromatic rings. The monoisotopic (exact) mass is 218 g/mol. The van der Waals surface area contributed by atoms with Crippen molar-refractivity contribution in [1.29, 1.82) is 0 Å². The topological polar surface area (TPSA) is 0 Å². The molecule has 0 spiro atoms. The molecule has 0 aliphatic heterocycles. The zero-order valence-corrected chi connectivity index (χ0v) is 12.2. The minimum absolute atomic E-state index is 0.622. The largest absolute Gasteiger partial charge is 0.0587 e. The first-order chi connectivity index (χ1) is 7.29. The Morgan fingerprint density at radius 2 is 0.812 bits per heavy atom. The Morgan fingerprint density at radius 1 is 0.500 bits per heavy atom. The van der Waals surface area contributed by atoms with Crippen molar-refractivity contribution in [2.45, 2.75) is 67.2 Å². The van der Waals surface area contributed by atoms with Gasteiger partial charge < -0.3 is 0 Å². The van der Waals surface area contributed by atoms with E-state index in [0.29, 0.717) is 11.8 Å². The highest BCUT2D eigenvalue weighted by molar-refractivity contribution is 5.52. The van der Waals surface area contributed by atoms with Gasteiger partial charge in [0.2, 0.25) is 0 Å². The fourth-order valence-electron chi connectivity index (χ4n) is 3.12. The average Bonchev–Trinajstić information content (AvgIpc) is 2.13. The number of hydrogen-bond acceptors (Lipinski definition) is 0. The van der Waals surface area contributed by atoms with Gasteiger partial charge in [-0.2, -0.15) is 0 Å². The first kappa shape index (κ1) is 13.3. The summed E-state index contributed by atoms with van der Waals surface area (Å²) in [4.78, 5) is 0. The Bertz CT molecular complexity index is 360. The minimum Gasteiger partial charge on any atom is -0.0587 e. The second-order valence-electron chi connectivity index (χ2n) is 5.64. The van der Waals surface area contributed by atoms with Crippen LogP contribution in [0.1, 0.15) is 72.9 Å². The molecule has 0 unspecified atom stereocenters. The van der Waals surface area contributed by atoms with Crippen molar-refractivity contribution >= 4 is 0 Å². The molecular weight excluding hydrogens is 192 g/mol. The molecule has 0 N–H and O–H groups in total. The highest BCUT2D eigenvalue weighted by Gasteiger charge is 2.18. The Balaban J connectivity index is 3.66. The fourth-order valence-corrected chi connectivity index (χ4v) is 3.12. The van der Waals surface area contributed by atoms with Crippen molar-refractivity contribution in [2.24, 2.45) is 0 Å². The smallest absolute Gasteiger partial charge is 0.0213 e. The van der Waals surface area contributed by atoms with Gasteiger partial charge in [0.15, 0.2) is 0 Å². The van der Waals surface area contributed by atoms with Crippen LogP contribution in [0, 0.1) is 27.7 Å². The normalized spacial score (nSPS) is 11.6. The lowest BCUT2D eigenvalue weighted by Crippen LogP contribution is -2.07. The van der Waals surface area contributed by atoms with E-state index in [1.165, 1.54) is 22.3 Å². The van der Waals surface area contributed by atoms with E-state index in [4.69, 9.17) is 0 Å². The minimum atomic E-state index is 0.622. The van der Waals surface area contributed by atoms with Crippen molar-refractivity contribution in [1.82, 2.24) is 0 Å². The van der Waals surface area contributed by atoms with Crippen LogP contribution in [0.4, 0.5) is 0 Å². The highest BCUT2D eigenvalue weighted by Crippen LogP contribution is 2.34. The Labute approximate surface area is 101 Å². The molecule has 0 saturated heterocycles. The molecule has 1 aromatic carbocycles. The van der Waals surface area contributed by atoms with Crippen molar-refractivity contribution in [3.05, 3.63) is 33.4 Å². The summed E-state index contributed by atoms with van der Waals surface area (Å²) in [7, 11) is 0. The molecule has 0 fully saturated rings. The van der Waals surface area contributed by atoms with Gasteiger partial charge in [0.1, 0.15) is 0 Å². The van der Waals surface area contributed by atoms with Gasteiger partial charge >= 0.3 is 0 Å². The standard InChI is InChI=1S/C16H26/c1-9(2)15-12(6)11(5)13(7)16(10(3)4)14(15)8/h9-10H,1-8H3. The SMILES string of the molecule is Cc1c(C)c(C(C)C)c(C)c(C(C)C)c1C. The molecule has 0 amide bonds. The van der Waals surface area contributed by atoms with Crippen LogP contribution < -0.4 is 0 Å². The molecule has 90 valence electrons. The maximum atomic E-state index is 2.30. The Kier molecular flexibility index (Phi) is 3.83. The zero-order chi connectivity index (χ0) is 12.6. The van der Waals surface area contributed by atoms with Crippen molar-refractivity contribution < 1.29 is 0 Å². The fraction of sp³-hybridized carbons (Fsp3) is 0.625. The van der Waals surface area contributed by atoms with Gasteiger partial charge in [-0.05, 0) is 72.9 Å². The van der Waals surface area contributed by atoms with Crippen molar-refractivity contribution in [3.8, 4) is 0 Å². The lowest BCUT2D eigenvalue weighted by atomic mass is 9.81. The van der Waals surface area contributed by atoms with Crippen LogP contribution in [0.15, 0.2) is 0 Å². The average molecular weight is 218 g/mol. The van der Waals surface area contributed by atoms with E-state index in [1.54, 1.807) is 11.1 Å². The van der Waals surface area contributed by atoms with Crippen molar-refractivity contribution in [2.75, 3.05) is 0 Å². The van der Waals surface area contributed by atoms with E-state index in [9.17, 15) is 0 Å². The molecule has 0 atom stereocenters. The van der Waals surface area contributed by atoms with E-state index in [2.05, 4.69) is 55.4 Å². The van der Waals surface area contributed by atoms with Crippen molar-refractivity contribution in [3.63, 3.8) is 0 Å².